The van der Waals surface area contributed by atoms with Gasteiger partial charge in [0.05, 0.1) is 23.7 Å². The van der Waals surface area contributed by atoms with E-state index in [1.807, 2.05) is 54.6 Å². The minimum atomic E-state index is -0.584. The molecule has 1 aliphatic rings. The van der Waals surface area contributed by atoms with Gasteiger partial charge in [0.25, 0.3) is 0 Å². The van der Waals surface area contributed by atoms with E-state index in [4.69, 9.17) is 9.15 Å². The molecule has 0 spiro atoms. The molecule has 5 nitrogen and oxygen atoms in total. The number of aromatic hydroxyl groups is 1. The average Bonchev–Trinajstić information content (AvgIpc) is 2.86. The lowest BCUT2D eigenvalue weighted by molar-refractivity contribution is 0.410. The maximum absolute atomic E-state index is 12.5. The van der Waals surface area contributed by atoms with Crippen molar-refractivity contribution in [2.24, 2.45) is 0 Å². The van der Waals surface area contributed by atoms with E-state index >= 15 is 0 Å². The summed E-state index contributed by atoms with van der Waals surface area (Å²) in [5, 5.41) is 13.6. The van der Waals surface area contributed by atoms with Gasteiger partial charge in [0.1, 0.15) is 22.8 Å². The lowest BCUT2D eigenvalue weighted by Gasteiger charge is -2.16. The van der Waals surface area contributed by atoms with E-state index in [1.165, 1.54) is 6.07 Å². The van der Waals surface area contributed by atoms with Gasteiger partial charge >= 0.3 is 5.63 Å². The van der Waals surface area contributed by atoms with E-state index in [-0.39, 0.29) is 16.6 Å². The summed E-state index contributed by atoms with van der Waals surface area (Å²) in [5.41, 5.74) is 1.86. The number of rotatable bonds is 3. The van der Waals surface area contributed by atoms with Gasteiger partial charge in [-0.25, -0.2) is 4.79 Å². The van der Waals surface area contributed by atoms with Crippen LogP contribution in [0.25, 0.3) is 5.70 Å². The summed E-state index contributed by atoms with van der Waals surface area (Å²) in [6.45, 7) is 1.63. The molecule has 142 valence electrons. The van der Waals surface area contributed by atoms with Crippen LogP contribution in [0.3, 0.4) is 0 Å². The van der Waals surface area contributed by atoms with Crippen molar-refractivity contribution < 1.29 is 14.3 Å². The Morgan fingerprint density at radius 3 is 2.68 bits per heavy atom. The van der Waals surface area contributed by atoms with Crippen molar-refractivity contribution in [2.75, 3.05) is 12.4 Å². The number of benzene rings is 2. The summed E-state index contributed by atoms with van der Waals surface area (Å²) in [4.78, 5) is 13.5. The molecule has 6 heteroatoms. The zero-order chi connectivity index (χ0) is 19.7. The molecule has 0 bridgehead atoms. The highest BCUT2D eigenvalue weighted by Crippen LogP contribution is 2.47. The maximum atomic E-state index is 12.5. The molecule has 0 radical (unpaired) electrons. The second-order valence-electron chi connectivity index (χ2n) is 6.39. The lowest BCUT2D eigenvalue weighted by atomic mass is 10.1. The standard InChI is InChI=1S/C22H19NO4S/c1-13-11-17(24)21(22(25)27-13)16-12-20(14-7-3-5-9-18(14)26-2)28-19-10-6-4-8-15(19)23-16/h3-12,20,23-24H,1-2H3/t20-/m1/s1. The summed E-state index contributed by atoms with van der Waals surface area (Å²) < 4.78 is 10.8. The van der Waals surface area contributed by atoms with E-state index < -0.39 is 5.63 Å². The Hall–Kier alpha value is -3.12. The molecule has 0 saturated carbocycles. The first kappa shape index (κ1) is 18.3. The van der Waals surface area contributed by atoms with Crippen molar-refractivity contribution in [1.82, 2.24) is 0 Å². The van der Waals surface area contributed by atoms with Crippen molar-refractivity contribution in [3.8, 4) is 11.5 Å². The topological polar surface area (TPSA) is 71.7 Å². The number of hydrogen-bond donors (Lipinski definition) is 2. The molecule has 0 aliphatic carbocycles. The number of anilines is 1. The van der Waals surface area contributed by atoms with Crippen molar-refractivity contribution in [1.29, 1.82) is 0 Å². The number of para-hydroxylation sites is 2. The highest BCUT2D eigenvalue weighted by molar-refractivity contribution is 7.99. The van der Waals surface area contributed by atoms with Gasteiger partial charge < -0.3 is 19.6 Å². The van der Waals surface area contributed by atoms with Gasteiger partial charge in [-0.2, -0.15) is 0 Å². The minimum absolute atomic E-state index is 0.114. The van der Waals surface area contributed by atoms with Crippen molar-refractivity contribution in [3.05, 3.63) is 88.0 Å². The van der Waals surface area contributed by atoms with Gasteiger partial charge in [-0.1, -0.05) is 30.3 Å². The molecule has 4 rings (SSSR count). The summed E-state index contributed by atoms with van der Waals surface area (Å²) in [7, 11) is 1.64. The first-order valence-electron chi connectivity index (χ1n) is 8.78. The molecular formula is C22H19NO4S. The predicted molar refractivity (Wildman–Crippen MR) is 111 cm³/mol. The first-order valence-corrected chi connectivity index (χ1v) is 9.66. The van der Waals surface area contributed by atoms with E-state index in [0.29, 0.717) is 11.5 Å². The highest BCUT2D eigenvalue weighted by Gasteiger charge is 2.25. The molecule has 0 saturated heterocycles. The molecule has 2 aromatic carbocycles. The summed E-state index contributed by atoms with van der Waals surface area (Å²) in [6, 6.07) is 17.1. The van der Waals surface area contributed by atoms with Crippen LogP contribution in [0.1, 0.15) is 22.1 Å². The molecule has 1 aromatic heterocycles. The fourth-order valence-corrected chi connectivity index (χ4v) is 4.43. The molecule has 0 fully saturated rings. The third kappa shape index (κ3) is 3.39. The monoisotopic (exact) mass is 393 g/mol. The van der Waals surface area contributed by atoms with Crippen LogP contribution in [0.5, 0.6) is 11.5 Å². The van der Waals surface area contributed by atoms with E-state index in [1.54, 1.807) is 25.8 Å². The Balaban J connectivity index is 1.92. The molecular weight excluding hydrogens is 374 g/mol. The number of thioether (sulfide) groups is 1. The van der Waals surface area contributed by atoms with Crippen LogP contribution in [0.15, 0.2) is 74.8 Å². The molecule has 1 atom stereocenters. The van der Waals surface area contributed by atoms with Gasteiger partial charge in [-0.15, -0.1) is 11.8 Å². The zero-order valence-electron chi connectivity index (χ0n) is 15.4. The minimum Gasteiger partial charge on any atom is -0.507 e. The Morgan fingerprint density at radius 1 is 1.14 bits per heavy atom. The third-order valence-corrected chi connectivity index (χ3v) is 5.75. The van der Waals surface area contributed by atoms with Crippen LogP contribution in [0, 0.1) is 6.92 Å². The van der Waals surface area contributed by atoms with E-state index in [2.05, 4.69) is 5.32 Å². The van der Waals surface area contributed by atoms with Gasteiger partial charge in [0, 0.05) is 16.5 Å². The van der Waals surface area contributed by atoms with E-state index in [0.717, 1.165) is 21.9 Å². The van der Waals surface area contributed by atoms with Crippen LogP contribution in [0.4, 0.5) is 5.69 Å². The number of fused-ring (bicyclic) bond motifs is 1. The molecule has 3 aromatic rings. The van der Waals surface area contributed by atoms with Crippen LogP contribution in [-0.2, 0) is 0 Å². The third-order valence-electron chi connectivity index (χ3n) is 4.50. The number of methoxy groups -OCH3 is 1. The lowest BCUT2D eigenvalue weighted by Crippen LogP contribution is -2.12. The normalized spacial score (nSPS) is 15.8. The first-order chi connectivity index (χ1) is 13.6. The molecule has 28 heavy (non-hydrogen) atoms. The Kier molecular flexibility index (Phi) is 4.88. The largest absolute Gasteiger partial charge is 0.507 e. The van der Waals surface area contributed by atoms with Crippen LogP contribution >= 0.6 is 11.8 Å². The van der Waals surface area contributed by atoms with Crippen LogP contribution in [0.2, 0.25) is 0 Å². The van der Waals surface area contributed by atoms with Gasteiger partial charge in [0.15, 0.2) is 0 Å². The molecule has 1 aliphatic heterocycles. The predicted octanol–water partition coefficient (Wildman–Crippen LogP) is 4.96. The maximum Gasteiger partial charge on any atom is 0.349 e. The van der Waals surface area contributed by atoms with Gasteiger partial charge in [0.2, 0.25) is 0 Å². The number of nitrogens with one attached hydrogen (secondary N) is 1. The van der Waals surface area contributed by atoms with Crippen LogP contribution in [-0.4, -0.2) is 12.2 Å². The summed E-state index contributed by atoms with van der Waals surface area (Å²) in [5.74, 6) is 1.00. The van der Waals surface area contributed by atoms with Crippen molar-refractivity contribution >= 4 is 23.1 Å². The SMILES string of the molecule is COc1ccccc1[C@H]1C=C(c2c(O)cc(C)oc2=O)Nc2ccccc2S1. The average molecular weight is 393 g/mol. The second-order valence-corrected chi connectivity index (χ2v) is 7.57. The van der Waals surface area contributed by atoms with Crippen molar-refractivity contribution in [2.45, 2.75) is 17.1 Å². The van der Waals surface area contributed by atoms with E-state index in [9.17, 15) is 9.90 Å². The Labute approximate surface area is 166 Å². The molecule has 0 amide bonds. The van der Waals surface area contributed by atoms with Gasteiger partial charge in [-0.05, 0) is 31.2 Å². The highest BCUT2D eigenvalue weighted by atomic mass is 32.2. The van der Waals surface area contributed by atoms with Crippen LogP contribution < -0.4 is 15.7 Å². The fourth-order valence-electron chi connectivity index (χ4n) is 3.23. The quantitative estimate of drug-likeness (QED) is 0.655. The van der Waals surface area contributed by atoms with Gasteiger partial charge in [-0.3, -0.25) is 0 Å². The van der Waals surface area contributed by atoms with Crippen molar-refractivity contribution in [3.63, 3.8) is 0 Å². The number of aryl methyl sites for hydroxylation is 1. The smallest absolute Gasteiger partial charge is 0.349 e. The number of ether oxygens (including phenoxy) is 1. The molecule has 2 heterocycles. The Bertz CT molecular complexity index is 1120. The second kappa shape index (κ2) is 7.48. The molecule has 2 N–H and O–H groups in total. The Morgan fingerprint density at radius 2 is 1.89 bits per heavy atom. The number of hydrogen-bond acceptors (Lipinski definition) is 6. The summed E-state index contributed by atoms with van der Waals surface area (Å²) in [6.07, 6.45) is 1.92. The molecule has 0 unspecified atom stereocenters. The summed E-state index contributed by atoms with van der Waals surface area (Å²) >= 11 is 1.64. The zero-order valence-corrected chi connectivity index (χ0v) is 16.2. The fraction of sp³-hybridized carbons (Fsp3) is 0.136.